The van der Waals surface area contributed by atoms with Crippen molar-refractivity contribution in [3.8, 4) is 0 Å². The summed E-state index contributed by atoms with van der Waals surface area (Å²) in [7, 11) is 0. The Kier molecular flexibility index (Phi) is 11.5. The van der Waals surface area contributed by atoms with Gasteiger partial charge in [0.1, 0.15) is 12.1 Å². The topological polar surface area (TPSA) is 230 Å². The fourth-order valence-electron chi connectivity index (χ4n) is 3.71. The Morgan fingerprint density at radius 2 is 1.68 bits per heavy atom. The molecular formula is C24H34N6O7. The Balaban J connectivity index is 1.94. The molecule has 1 heterocycles. The minimum atomic E-state index is -1.23. The van der Waals surface area contributed by atoms with Crippen LogP contribution in [-0.2, 0) is 30.4 Å². The maximum absolute atomic E-state index is 12.7. The van der Waals surface area contributed by atoms with Crippen molar-refractivity contribution >= 4 is 40.6 Å². The number of carbonyl (C=O) groups excluding carboxylic acids is 3. The molecule has 3 amide bonds. The molecule has 13 heteroatoms. The summed E-state index contributed by atoms with van der Waals surface area (Å²) in [6.07, 6.45) is 2.64. The third kappa shape index (κ3) is 9.54. The number of H-pyrrole nitrogens is 1. The molecule has 0 aliphatic rings. The Morgan fingerprint density at radius 1 is 0.946 bits per heavy atom. The minimum absolute atomic E-state index is 0.0328. The van der Waals surface area contributed by atoms with Crippen LogP contribution in [0.5, 0.6) is 0 Å². The van der Waals surface area contributed by atoms with Crippen LogP contribution in [0.3, 0.4) is 0 Å². The summed E-state index contributed by atoms with van der Waals surface area (Å²) in [5, 5.41) is 26.5. The molecule has 0 saturated heterocycles. The normalized spacial score (nSPS) is 13.4. The van der Waals surface area contributed by atoms with Crippen LogP contribution in [-0.4, -0.2) is 76.1 Å². The number of aromatic amines is 1. The van der Waals surface area contributed by atoms with E-state index >= 15 is 0 Å². The van der Waals surface area contributed by atoms with Gasteiger partial charge < -0.3 is 42.6 Å². The van der Waals surface area contributed by atoms with Crippen molar-refractivity contribution in [3.05, 3.63) is 36.0 Å². The van der Waals surface area contributed by atoms with E-state index < -0.39 is 54.3 Å². The molecule has 202 valence electrons. The number of para-hydroxylation sites is 1. The van der Waals surface area contributed by atoms with Crippen LogP contribution in [0, 0.1) is 0 Å². The van der Waals surface area contributed by atoms with Crippen molar-refractivity contribution in [2.45, 2.75) is 56.7 Å². The highest BCUT2D eigenvalue weighted by atomic mass is 16.4. The number of hydrogen-bond donors (Lipinski definition) is 8. The summed E-state index contributed by atoms with van der Waals surface area (Å²) in [5.74, 6) is -4.40. The van der Waals surface area contributed by atoms with Gasteiger partial charge in [0.05, 0.1) is 12.6 Å². The van der Waals surface area contributed by atoms with Gasteiger partial charge in [-0.25, -0.2) is 4.79 Å². The van der Waals surface area contributed by atoms with Gasteiger partial charge in [-0.2, -0.15) is 0 Å². The zero-order chi connectivity index (χ0) is 27.4. The van der Waals surface area contributed by atoms with Crippen molar-refractivity contribution in [3.63, 3.8) is 0 Å². The van der Waals surface area contributed by atoms with Crippen molar-refractivity contribution in [1.29, 1.82) is 0 Å². The first-order valence-electron chi connectivity index (χ1n) is 11.9. The van der Waals surface area contributed by atoms with E-state index in [1.54, 1.807) is 6.20 Å². The predicted molar refractivity (Wildman–Crippen MR) is 134 cm³/mol. The fourth-order valence-corrected chi connectivity index (χ4v) is 3.71. The van der Waals surface area contributed by atoms with E-state index in [9.17, 15) is 29.1 Å². The van der Waals surface area contributed by atoms with Crippen LogP contribution in [0.15, 0.2) is 30.5 Å². The summed E-state index contributed by atoms with van der Waals surface area (Å²) < 4.78 is 0. The molecule has 10 N–H and O–H groups in total. The number of unbranched alkanes of at least 4 members (excludes halogenated alkanes) is 1. The Morgan fingerprint density at radius 3 is 2.35 bits per heavy atom. The first-order chi connectivity index (χ1) is 17.6. The van der Waals surface area contributed by atoms with Crippen molar-refractivity contribution in [2.24, 2.45) is 11.5 Å². The van der Waals surface area contributed by atoms with Crippen molar-refractivity contribution in [2.75, 3.05) is 13.1 Å². The van der Waals surface area contributed by atoms with Crippen molar-refractivity contribution < 1.29 is 34.2 Å². The standard InChI is InChI=1S/C24H34N6O7/c25-10-4-3-7-18(30-22(34)16(26)8-9-21(32)33)23(35)28-13-20(31)29-19(24(36)37)11-14-12-27-17-6-2-1-5-15(14)17/h1-2,5-6,12,16,18-19,27H,3-4,7-11,13,25-26H2,(H,28,35)(H,29,31)(H,30,34)(H,32,33)(H,36,37). The van der Waals surface area contributed by atoms with E-state index in [4.69, 9.17) is 16.6 Å². The molecular weight excluding hydrogens is 484 g/mol. The molecule has 3 atom stereocenters. The van der Waals surface area contributed by atoms with Gasteiger partial charge in [-0.05, 0) is 43.9 Å². The number of amides is 3. The third-order valence-corrected chi connectivity index (χ3v) is 5.74. The lowest BCUT2D eigenvalue weighted by Crippen LogP contribution is -2.53. The second kappa shape index (κ2) is 14.6. The highest BCUT2D eigenvalue weighted by Gasteiger charge is 2.26. The molecule has 1 aromatic carbocycles. The highest BCUT2D eigenvalue weighted by molar-refractivity contribution is 5.93. The average Bonchev–Trinajstić information content (AvgIpc) is 3.27. The second-order valence-corrected chi connectivity index (χ2v) is 8.62. The lowest BCUT2D eigenvalue weighted by atomic mass is 10.0. The third-order valence-electron chi connectivity index (χ3n) is 5.74. The predicted octanol–water partition coefficient (Wildman–Crippen LogP) is -0.798. The van der Waals surface area contributed by atoms with E-state index in [1.165, 1.54) is 0 Å². The van der Waals surface area contributed by atoms with Gasteiger partial charge in [-0.3, -0.25) is 19.2 Å². The Hall–Kier alpha value is -3.97. The van der Waals surface area contributed by atoms with Crippen LogP contribution in [0.2, 0.25) is 0 Å². The number of nitrogens with two attached hydrogens (primary N) is 2. The maximum Gasteiger partial charge on any atom is 0.326 e. The van der Waals surface area contributed by atoms with Crippen LogP contribution in [0.1, 0.15) is 37.7 Å². The maximum atomic E-state index is 12.7. The zero-order valence-electron chi connectivity index (χ0n) is 20.4. The summed E-state index contributed by atoms with van der Waals surface area (Å²) in [4.78, 5) is 63.0. The molecule has 0 bridgehead atoms. The minimum Gasteiger partial charge on any atom is -0.481 e. The molecule has 0 fully saturated rings. The quantitative estimate of drug-likeness (QED) is 0.130. The van der Waals surface area contributed by atoms with E-state index in [-0.39, 0.29) is 25.7 Å². The number of fused-ring (bicyclic) bond motifs is 1. The lowest BCUT2D eigenvalue weighted by Gasteiger charge is -2.21. The number of aliphatic carboxylic acids is 2. The van der Waals surface area contributed by atoms with Gasteiger partial charge in [-0.15, -0.1) is 0 Å². The summed E-state index contributed by atoms with van der Waals surface area (Å²) in [5.41, 5.74) is 12.8. The van der Waals surface area contributed by atoms with Crippen LogP contribution < -0.4 is 27.4 Å². The first-order valence-corrected chi connectivity index (χ1v) is 11.9. The van der Waals surface area contributed by atoms with Gasteiger partial charge in [0.2, 0.25) is 17.7 Å². The van der Waals surface area contributed by atoms with E-state index in [0.717, 1.165) is 10.9 Å². The number of benzene rings is 1. The zero-order valence-corrected chi connectivity index (χ0v) is 20.4. The molecule has 1 aromatic heterocycles. The van der Waals surface area contributed by atoms with E-state index in [1.807, 2.05) is 24.3 Å². The monoisotopic (exact) mass is 518 g/mol. The van der Waals surface area contributed by atoms with Crippen LogP contribution in [0.25, 0.3) is 10.9 Å². The summed E-state index contributed by atoms with van der Waals surface area (Å²) >= 11 is 0. The molecule has 0 aliphatic carbocycles. The number of carboxylic acid groups (broad SMARTS) is 2. The molecule has 37 heavy (non-hydrogen) atoms. The first kappa shape index (κ1) is 29.3. The number of aromatic nitrogens is 1. The molecule has 0 radical (unpaired) electrons. The van der Waals surface area contributed by atoms with Gasteiger partial charge in [-0.1, -0.05) is 18.2 Å². The van der Waals surface area contributed by atoms with Gasteiger partial charge in [0.15, 0.2) is 0 Å². The largest absolute Gasteiger partial charge is 0.481 e. The molecule has 0 aliphatic heterocycles. The molecule has 13 nitrogen and oxygen atoms in total. The van der Waals surface area contributed by atoms with Gasteiger partial charge in [0, 0.05) is 29.9 Å². The lowest BCUT2D eigenvalue weighted by molar-refractivity contribution is -0.141. The second-order valence-electron chi connectivity index (χ2n) is 8.62. The van der Waals surface area contributed by atoms with Crippen molar-refractivity contribution in [1.82, 2.24) is 20.9 Å². The average molecular weight is 519 g/mol. The summed E-state index contributed by atoms with van der Waals surface area (Å²) in [6, 6.07) is 3.99. The highest BCUT2D eigenvalue weighted by Crippen LogP contribution is 2.19. The molecule has 0 saturated carbocycles. The van der Waals surface area contributed by atoms with Crippen LogP contribution in [0.4, 0.5) is 0 Å². The van der Waals surface area contributed by atoms with E-state index in [2.05, 4.69) is 20.9 Å². The van der Waals surface area contributed by atoms with Gasteiger partial charge in [0.25, 0.3) is 0 Å². The molecule has 2 rings (SSSR count). The van der Waals surface area contributed by atoms with Gasteiger partial charge >= 0.3 is 11.9 Å². The number of carbonyl (C=O) groups is 5. The number of nitrogens with one attached hydrogen (secondary N) is 4. The number of hydrogen-bond acceptors (Lipinski definition) is 7. The number of rotatable bonds is 16. The Bertz CT molecular complexity index is 1100. The smallest absolute Gasteiger partial charge is 0.326 e. The molecule has 2 aromatic rings. The SMILES string of the molecule is NCCCCC(NC(=O)C(N)CCC(=O)O)C(=O)NCC(=O)NC(Cc1c[nH]c2ccccc12)C(=O)O. The molecule has 0 spiro atoms. The van der Waals surface area contributed by atoms with E-state index in [0.29, 0.717) is 24.9 Å². The number of carboxylic acids is 2. The van der Waals surface area contributed by atoms with Crippen LogP contribution >= 0.6 is 0 Å². The Labute approximate surface area is 213 Å². The summed E-state index contributed by atoms with van der Waals surface area (Å²) in [6.45, 7) is -0.124. The molecule has 3 unspecified atom stereocenters. The fraction of sp³-hybridized carbons (Fsp3) is 0.458.